The van der Waals surface area contributed by atoms with E-state index in [-0.39, 0.29) is 11.5 Å². The maximum atomic E-state index is 12.1. The molecule has 104 valence electrons. The van der Waals surface area contributed by atoms with E-state index in [1.807, 2.05) is 0 Å². The van der Waals surface area contributed by atoms with Crippen molar-refractivity contribution in [2.24, 2.45) is 0 Å². The first-order valence-electron chi connectivity index (χ1n) is 5.48. The van der Waals surface area contributed by atoms with Crippen molar-refractivity contribution in [2.45, 2.75) is 0 Å². The normalized spacial score (nSPS) is 10.1. The van der Waals surface area contributed by atoms with E-state index < -0.39 is 5.97 Å². The molecule has 0 aliphatic rings. The van der Waals surface area contributed by atoms with E-state index in [2.05, 4.69) is 21.2 Å². The Morgan fingerprint density at radius 2 is 2.10 bits per heavy atom. The van der Waals surface area contributed by atoms with Crippen molar-refractivity contribution in [3.8, 4) is 5.75 Å². The van der Waals surface area contributed by atoms with E-state index in [4.69, 9.17) is 9.84 Å². The first kappa shape index (κ1) is 14.5. The molecule has 0 unspecified atom stereocenters. The molecule has 1 amide bonds. The number of aromatic carboxylic acids is 1. The highest BCUT2D eigenvalue weighted by Gasteiger charge is 2.15. The number of halogens is 1. The molecule has 0 atom stereocenters. The summed E-state index contributed by atoms with van der Waals surface area (Å²) in [6.07, 6.45) is 0. The Hall–Kier alpha value is -1.86. The molecule has 20 heavy (non-hydrogen) atoms. The van der Waals surface area contributed by atoms with Crippen molar-refractivity contribution >= 4 is 44.8 Å². The summed E-state index contributed by atoms with van der Waals surface area (Å²) in [5.74, 6) is -0.996. The maximum Gasteiger partial charge on any atom is 0.335 e. The number of benzene rings is 1. The number of carboxylic acid groups (broad SMARTS) is 1. The van der Waals surface area contributed by atoms with Crippen LogP contribution in [0, 0.1) is 0 Å². The molecule has 0 fully saturated rings. The van der Waals surface area contributed by atoms with Crippen LogP contribution in [0.1, 0.15) is 20.0 Å². The largest absolute Gasteiger partial charge is 0.495 e. The minimum absolute atomic E-state index is 0.0753. The third-order valence-corrected chi connectivity index (χ3v) is 4.35. The van der Waals surface area contributed by atoms with E-state index in [1.165, 1.54) is 36.6 Å². The van der Waals surface area contributed by atoms with E-state index in [0.717, 1.165) is 0 Å². The van der Waals surface area contributed by atoms with Gasteiger partial charge in [0, 0.05) is 4.47 Å². The van der Waals surface area contributed by atoms with Gasteiger partial charge in [-0.15, -0.1) is 11.3 Å². The van der Waals surface area contributed by atoms with Crippen LogP contribution in [0.2, 0.25) is 0 Å². The summed E-state index contributed by atoms with van der Waals surface area (Å²) in [5, 5.41) is 13.4. The van der Waals surface area contributed by atoms with E-state index >= 15 is 0 Å². The van der Waals surface area contributed by atoms with Gasteiger partial charge in [0.05, 0.1) is 18.4 Å². The lowest BCUT2D eigenvalue weighted by atomic mass is 10.2. The molecule has 1 heterocycles. The predicted molar refractivity (Wildman–Crippen MR) is 79.9 cm³/mol. The third-order valence-electron chi connectivity index (χ3n) is 2.52. The minimum atomic E-state index is -1.07. The van der Waals surface area contributed by atoms with Crippen molar-refractivity contribution < 1.29 is 19.4 Å². The number of carbonyl (C=O) groups excluding carboxylic acids is 1. The highest BCUT2D eigenvalue weighted by Crippen LogP contribution is 2.28. The molecule has 0 bridgehead atoms. The number of carbonyl (C=O) groups is 2. The second-order valence-corrected chi connectivity index (χ2v) is 5.54. The van der Waals surface area contributed by atoms with Gasteiger partial charge in [-0.2, -0.15) is 0 Å². The van der Waals surface area contributed by atoms with Gasteiger partial charge in [-0.05, 0) is 45.6 Å². The number of methoxy groups -OCH3 is 1. The van der Waals surface area contributed by atoms with Gasteiger partial charge in [0.25, 0.3) is 5.91 Å². The zero-order valence-electron chi connectivity index (χ0n) is 10.3. The van der Waals surface area contributed by atoms with Gasteiger partial charge in [-0.25, -0.2) is 4.79 Å². The summed E-state index contributed by atoms with van der Waals surface area (Å²) in [6.45, 7) is 0. The number of rotatable bonds is 4. The van der Waals surface area contributed by atoms with E-state index in [1.54, 1.807) is 11.4 Å². The van der Waals surface area contributed by atoms with Gasteiger partial charge in [-0.1, -0.05) is 0 Å². The van der Waals surface area contributed by atoms with Crippen LogP contribution in [0.3, 0.4) is 0 Å². The first-order valence-corrected chi connectivity index (χ1v) is 7.16. The van der Waals surface area contributed by atoms with Crippen LogP contribution in [-0.4, -0.2) is 24.1 Å². The number of ether oxygens (including phenoxy) is 1. The Balaban J connectivity index is 2.32. The summed E-state index contributed by atoms with van der Waals surface area (Å²) in [4.78, 5) is 23.6. The fourth-order valence-electron chi connectivity index (χ4n) is 1.57. The lowest BCUT2D eigenvalue weighted by Gasteiger charge is -2.10. The highest BCUT2D eigenvalue weighted by atomic mass is 79.9. The molecule has 0 aliphatic heterocycles. The summed E-state index contributed by atoms with van der Waals surface area (Å²) in [7, 11) is 1.45. The second kappa shape index (κ2) is 6.06. The van der Waals surface area contributed by atoms with Crippen LogP contribution in [0.5, 0.6) is 5.75 Å². The van der Waals surface area contributed by atoms with Crippen LogP contribution in [0.4, 0.5) is 5.69 Å². The van der Waals surface area contributed by atoms with Crippen LogP contribution in [0.25, 0.3) is 0 Å². The minimum Gasteiger partial charge on any atom is -0.495 e. The summed E-state index contributed by atoms with van der Waals surface area (Å²) < 4.78 is 5.80. The van der Waals surface area contributed by atoms with E-state index in [9.17, 15) is 9.59 Å². The van der Waals surface area contributed by atoms with Gasteiger partial charge in [0.1, 0.15) is 10.6 Å². The van der Waals surface area contributed by atoms with Crippen molar-refractivity contribution in [2.75, 3.05) is 12.4 Å². The van der Waals surface area contributed by atoms with Crippen molar-refractivity contribution in [3.05, 3.63) is 44.6 Å². The smallest absolute Gasteiger partial charge is 0.335 e. The first-order chi connectivity index (χ1) is 9.52. The Labute approximate surface area is 127 Å². The molecule has 5 nitrogen and oxygen atoms in total. The molecule has 2 N–H and O–H groups in total. The molecule has 2 aromatic rings. The maximum absolute atomic E-state index is 12.1. The lowest BCUT2D eigenvalue weighted by molar-refractivity contribution is 0.0696. The Bertz CT molecular complexity index is 668. The Kier molecular flexibility index (Phi) is 4.41. The van der Waals surface area contributed by atoms with Gasteiger partial charge in [0.15, 0.2) is 0 Å². The molecule has 0 saturated carbocycles. The summed E-state index contributed by atoms with van der Waals surface area (Å²) >= 11 is 4.56. The number of hydrogen-bond donors (Lipinski definition) is 2. The molecule has 7 heteroatoms. The molecule has 1 aromatic carbocycles. The van der Waals surface area contributed by atoms with Crippen LogP contribution in [-0.2, 0) is 0 Å². The second-order valence-electron chi connectivity index (χ2n) is 3.77. The molecular formula is C13H10BrNO4S. The quantitative estimate of drug-likeness (QED) is 0.880. The monoisotopic (exact) mass is 355 g/mol. The van der Waals surface area contributed by atoms with Gasteiger partial charge in [-0.3, -0.25) is 4.79 Å². The van der Waals surface area contributed by atoms with Gasteiger partial charge in [0.2, 0.25) is 0 Å². The molecule has 0 aliphatic carbocycles. The SMILES string of the molecule is COc1ccc(C(=O)O)cc1NC(=O)c1sccc1Br. The number of hydrogen-bond acceptors (Lipinski definition) is 4. The standard InChI is InChI=1S/C13H10BrNO4S/c1-19-10-3-2-7(13(17)18)6-9(10)15-12(16)11-8(14)4-5-20-11/h2-6H,1H3,(H,15,16)(H,17,18). The predicted octanol–water partition coefficient (Wildman–Crippen LogP) is 3.47. The zero-order valence-corrected chi connectivity index (χ0v) is 12.7. The molecule has 0 radical (unpaired) electrons. The molecule has 1 aromatic heterocycles. The van der Waals surface area contributed by atoms with Gasteiger partial charge < -0.3 is 15.2 Å². The van der Waals surface area contributed by atoms with Crippen LogP contribution in [0.15, 0.2) is 34.1 Å². The van der Waals surface area contributed by atoms with Crippen molar-refractivity contribution in [1.82, 2.24) is 0 Å². The number of anilines is 1. The van der Waals surface area contributed by atoms with Crippen molar-refractivity contribution in [3.63, 3.8) is 0 Å². The van der Waals surface area contributed by atoms with Crippen LogP contribution >= 0.6 is 27.3 Å². The Morgan fingerprint density at radius 3 is 2.65 bits per heavy atom. The number of thiophene rings is 1. The number of amides is 1. The number of nitrogens with one attached hydrogen (secondary N) is 1. The highest BCUT2D eigenvalue weighted by molar-refractivity contribution is 9.10. The van der Waals surface area contributed by atoms with Crippen LogP contribution < -0.4 is 10.1 Å². The van der Waals surface area contributed by atoms with Gasteiger partial charge >= 0.3 is 5.97 Å². The fraction of sp³-hybridized carbons (Fsp3) is 0.0769. The van der Waals surface area contributed by atoms with Crippen molar-refractivity contribution in [1.29, 1.82) is 0 Å². The third kappa shape index (κ3) is 3.00. The summed E-state index contributed by atoms with van der Waals surface area (Å²) in [5.41, 5.74) is 0.393. The summed E-state index contributed by atoms with van der Waals surface area (Å²) in [6, 6.07) is 6.05. The zero-order chi connectivity index (χ0) is 14.7. The molecule has 0 saturated heterocycles. The lowest BCUT2D eigenvalue weighted by Crippen LogP contribution is -2.12. The topological polar surface area (TPSA) is 75.6 Å². The molecule has 2 rings (SSSR count). The molecule has 0 spiro atoms. The Morgan fingerprint density at radius 1 is 1.35 bits per heavy atom. The van der Waals surface area contributed by atoms with E-state index in [0.29, 0.717) is 20.8 Å². The molecular weight excluding hydrogens is 346 g/mol. The fourth-order valence-corrected chi connectivity index (χ4v) is 3.02. The average molecular weight is 356 g/mol. The average Bonchev–Trinajstić information content (AvgIpc) is 2.84. The number of carboxylic acids is 1.